The lowest BCUT2D eigenvalue weighted by Crippen LogP contribution is -2.54. The van der Waals surface area contributed by atoms with Crippen molar-refractivity contribution in [3.63, 3.8) is 0 Å². The van der Waals surface area contributed by atoms with Crippen LogP contribution in [0.4, 0.5) is 0 Å². The Hall–Kier alpha value is -0.0800. The number of hydrogen-bond acceptors (Lipinski definition) is 2. The van der Waals surface area contributed by atoms with Gasteiger partial charge in [0.1, 0.15) is 0 Å². The molecule has 0 spiro atoms. The molecule has 2 atom stereocenters. The summed E-state index contributed by atoms with van der Waals surface area (Å²) >= 11 is 0. The molecule has 1 aliphatic carbocycles. The molecule has 2 unspecified atom stereocenters. The van der Waals surface area contributed by atoms with Crippen molar-refractivity contribution in [3.8, 4) is 0 Å². The largest absolute Gasteiger partial charge is 0.313 e. The van der Waals surface area contributed by atoms with Crippen LogP contribution in [0.15, 0.2) is 0 Å². The van der Waals surface area contributed by atoms with Gasteiger partial charge >= 0.3 is 0 Å². The average molecular weight is 168 g/mol. The van der Waals surface area contributed by atoms with Crippen molar-refractivity contribution in [1.29, 1.82) is 0 Å². The van der Waals surface area contributed by atoms with Crippen LogP contribution >= 0.6 is 0 Å². The van der Waals surface area contributed by atoms with E-state index in [4.69, 9.17) is 0 Å². The van der Waals surface area contributed by atoms with Gasteiger partial charge in [-0.25, -0.2) is 0 Å². The van der Waals surface area contributed by atoms with E-state index in [0.717, 1.165) is 12.1 Å². The van der Waals surface area contributed by atoms with Crippen LogP contribution in [0.1, 0.15) is 39.0 Å². The smallest absolute Gasteiger partial charge is 0.0221 e. The molecule has 2 N–H and O–H groups in total. The molecule has 0 bridgehead atoms. The lowest BCUT2D eigenvalue weighted by molar-refractivity contribution is 0.241. The summed E-state index contributed by atoms with van der Waals surface area (Å²) in [4.78, 5) is 0. The van der Waals surface area contributed by atoms with E-state index in [1.165, 1.54) is 38.6 Å². The van der Waals surface area contributed by atoms with Crippen molar-refractivity contribution in [3.05, 3.63) is 0 Å². The molecule has 0 aromatic rings. The van der Waals surface area contributed by atoms with Gasteiger partial charge in [0.25, 0.3) is 0 Å². The van der Waals surface area contributed by atoms with E-state index in [2.05, 4.69) is 17.6 Å². The fourth-order valence-electron chi connectivity index (χ4n) is 2.15. The topological polar surface area (TPSA) is 24.1 Å². The molecule has 2 aliphatic rings. The van der Waals surface area contributed by atoms with Gasteiger partial charge in [-0.3, -0.25) is 0 Å². The SMILES string of the molecule is CC1NCCCC1NC1CCC1. The molecule has 0 aromatic carbocycles. The summed E-state index contributed by atoms with van der Waals surface area (Å²) in [6.07, 6.45) is 6.96. The third-order valence-electron chi connectivity index (χ3n) is 3.32. The van der Waals surface area contributed by atoms with Crippen LogP contribution in [0, 0.1) is 0 Å². The Kier molecular flexibility index (Phi) is 2.66. The van der Waals surface area contributed by atoms with Crippen molar-refractivity contribution in [1.82, 2.24) is 10.6 Å². The van der Waals surface area contributed by atoms with Crippen LogP contribution in [0.2, 0.25) is 0 Å². The molecule has 70 valence electrons. The van der Waals surface area contributed by atoms with Gasteiger partial charge in [0.05, 0.1) is 0 Å². The van der Waals surface area contributed by atoms with E-state index in [1.54, 1.807) is 0 Å². The molecule has 1 saturated carbocycles. The third-order valence-corrected chi connectivity index (χ3v) is 3.32. The lowest BCUT2D eigenvalue weighted by atomic mass is 9.90. The Morgan fingerprint density at radius 3 is 2.58 bits per heavy atom. The van der Waals surface area contributed by atoms with Gasteiger partial charge in [-0.2, -0.15) is 0 Å². The third kappa shape index (κ3) is 1.80. The molecule has 2 nitrogen and oxygen atoms in total. The van der Waals surface area contributed by atoms with Crippen LogP contribution in [0.5, 0.6) is 0 Å². The van der Waals surface area contributed by atoms with Gasteiger partial charge < -0.3 is 10.6 Å². The minimum absolute atomic E-state index is 0.680. The standard InChI is InChI=1S/C10H20N2/c1-8-10(6-3-7-11-8)12-9-4-2-5-9/h8-12H,2-7H2,1H3. The van der Waals surface area contributed by atoms with E-state index >= 15 is 0 Å². The van der Waals surface area contributed by atoms with Gasteiger partial charge in [0.2, 0.25) is 0 Å². The van der Waals surface area contributed by atoms with Crippen molar-refractivity contribution < 1.29 is 0 Å². The normalized spacial score (nSPS) is 37.8. The molecule has 1 aliphatic heterocycles. The Morgan fingerprint density at radius 1 is 1.17 bits per heavy atom. The summed E-state index contributed by atoms with van der Waals surface area (Å²) < 4.78 is 0. The first-order valence-electron chi connectivity index (χ1n) is 5.36. The Morgan fingerprint density at radius 2 is 2.00 bits per heavy atom. The molecule has 1 saturated heterocycles. The van der Waals surface area contributed by atoms with E-state index in [0.29, 0.717) is 6.04 Å². The Bertz CT molecular complexity index is 143. The Balaban J connectivity index is 1.76. The molecule has 1 heterocycles. The number of rotatable bonds is 2. The fourth-order valence-corrected chi connectivity index (χ4v) is 2.15. The monoisotopic (exact) mass is 168 g/mol. The maximum absolute atomic E-state index is 3.74. The summed E-state index contributed by atoms with van der Waals surface area (Å²) in [5.41, 5.74) is 0. The molecule has 2 heteroatoms. The molecule has 0 amide bonds. The van der Waals surface area contributed by atoms with E-state index in [1.807, 2.05) is 0 Å². The highest BCUT2D eigenvalue weighted by Crippen LogP contribution is 2.20. The van der Waals surface area contributed by atoms with Gasteiger partial charge in [-0.1, -0.05) is 6.42 Å². The quantitative estimate of drug-likeness (QED) is 0.649. The maximum atomic E-state index is 3.74. The Labute approximate surface area is 75.1 Å². The highest BCUT2D eigenvalue weighted by atomic mass is 15.1. The second-order valence-corrected chi connectivity index (χ2v) is 4.29. The molecule has 0 aromatic heterocycles. The molecular formula is C10H20N2. The van der Waals surface area contributed by atoms with Crippen LogP contribution in [0.25, 0.3) is 0 Å². The summed E-state index contributed by atoms with van der Waals surface area (Å²) in [6.45, 7) is 3.51. The fraction of sp³-hybridized carbons (Fsp3) is 1.00. The summed E-state index contributed by atoms with van der Waals surface area (Å²) in [6, 6.07) is 2.26. The minimum Gasteiger partial charge on any atom is -0.313 e. The zero-order chi connectivity index (χ0) is 8.39. The average Bonchev–Trinajstić information content (AvgIpc) is 2.00. The zero-order valence-electron chi connectivity index (χ0n) is 7.97. The van der Waals surface area contributed by atoms with Crippen molar-refractivity contribution in [2.24, 2.45) is 0 Å². The lowest BCUT2D eigenvalue weighted by Gasteiger charge is -2.37. The number of piperidine rings is 1. The van der Waals surface area contributed by atoms with E-state index in [9.17, 15) is 0 Å². The predicted molar refractivity (Wildman–Crippen MR) is 51.3 cm³/mol. The predicted octanol–water partition coefficient (Wildman–Crippen LogP) is 1.27. The second-order valence-electron chi connectivity index (χ2n) is 4.29. The minimum atomic E-state index is 0.680. The van der Waals surface area contributed by atoms with Gasteiger partial charge in [0, 0.05) is 18.1 Å². The first-order valence-corrected chi connectivity index (χ1v) is 5.36. The molecule has 12 heavy (non-hydrogen) atoms. The zero-order valence-corrected chi connectivity index (χ0v) is 7.97. The number of nitrogens with one attached hydrogen (secondary N) is 2. The van der Waals surface area contributed by atoms with Crippen molar-refractivity contribution >= 4 is 0 Å². The van der Waals surface area contributed by atoms with Crippen molar-refractivity contribution in [2.45, 2.75) is 57.2 Å². The summed E-state index contributed by atoms with van der Waals surface area (Å²) in [7, 11) is 0. The highest BCUT2D eigenvalue weighted by molar-refractivity contribution is 4.88. The van der Waals surface area contributed by atoms with Crippen LogP contribution in [-0.4, -0.2) is 24.7 Å². The van der Waals surface area contributed by atoms with Crippen LogP contribution < -0.4 is 10.6 Å². The maximum Gasteiger partial charge on any atom is 0.0221 e. The first-order chi connectivity index (χ1) is 5.86. The van der Waals surface area contributed by atoms with Gasteiger partial charge in [-0.15, -0.1) is 0 Å². The summed E-state index contributed by atoms with van der Waals surface area (Å²) in [5.74, 6) is 0. The van der Waals surface area contributed by atoms with E-state index in [-0.39, 0.29) is 0 Å². The second kappa shape index (κ2) is 3.75. The van der Waals surface area contributed by atoms with Crippen LogP contribution in [0.3, 0.4) is 0 Å². The molecule has 2 rings (SSSR count). The van der Waals surface area contributed by atoms with Gasteiger partial charge in [-0.05, 0) is 39.2 Å². The summed E-state index contributed by atoms with van der Waals surface area (Å²) in [5, 5.41) is 7.27. The molecule has 0 radical (unpaired) electrons. The van der Waals surface area contributed by atoms with Gasteiger partial charge in [0.15, 0.2) is 0 Å². The van der Waals surface area contributed by atoms with E-state index < -0.39 is 0 Å². The molecule has 2 fully saturated rings. The van der Waals surface area contributed by atoms with Crippen molar-refractivity contribution in [2.75, 3.05) is 6.54 Å². The number of hydrogen-bond donors (Lipinski definition) is 2. The first kappa shape index (κ1) is 8.52. The molecular weight excluding hydrogens is 148 g/mol. The highest BCUT2D eigenvalue weighted by Gasteiger charge is 2.25. The van der Waals surface area contributed by atoms with Crippen LogP contribution in [-0.2, 0) is 0 Å².